The number of thiocarbonyl (C=S) groups is 1. The molecule has 0 saturated heterocycles. The van der Waals surface area contributed by atoms with Crippen molar-refractivity contribution in [2.75, 3.05) is 26.2 Å². The maximum absolute atomic E-state index is 5.18. The van der Waals surface area contributed by atoms with E-state index in [0.717, 1.165) is 37.6 Å². The predicted octanol–water partition coefficient (Wildman–Crippen LogP) is 2.77. The van der Waals surface area contributed by atoms with Crippen LogP contribution in [0.25, 0.3) is 0 Å². The van der Waals surface area contributed by atoms with E-state index in [1.54, 1.807) is 6.20 Å². The fraction of sp³-hybridized carbons (Fsp3) is 0.500. The molecule has 2 N–H and O–H groups in total. The number of hydrazone groups is 1. The molecule has 1 heterocycles. The van der Waals surface area contributed by atoms with Crippen molar-refractivity contribution in [2.45, 2.75) is 20.8 Å². The van der Waals surface area contributed by atoms with Gasteiger partial charge in [-0.1, -0.05) is 19.9 Å². The molecule has 0 saturated carbocycles. The lowest BCUT2D eigenvalue weighted by Gasteiger charge is -2.18. The third-order valence-electron chi connectivity index (χ3n) is 2.97. The molecule has 1 aromatic heterocycles. The van der Waals surface area contributed by atoms with Crippen molar-refractivity contribution in [1.82, 2.24) is 20.6 Å². The molecule has 0 aliphatic heterocycles. The van der Waals surface area contributed by atoms with Crippen molar-refractivity contribution in [2.24, 2.45) is 5.10 Å². The van der Waals surface area contributed by atoms with Crippen LogP contribution in [0.15, 0.2) is 29.5 Å². The minimum Gasteiger partial charge on any atom is -0.360 e. The van der Waals surface area contributed by atoms with Gasteiger partial charge in [-0.15, -0.1) is 34.0 Å². The zero-order valence-corrected chi connectivity index (χ0v) is 17.4. The molecule has 5 nitrogen and oxygen atoms in total. The average molecular weight is 455 g/mol. The maximum Gasteiger partial charge on any atom is 0.187 e. The smallest absolute Gasteiger partial charge is 0.187 e. The molecule has 1 rings (SSSR count). The molecule has 0 atom stereocenters. The van der Waals surface area contributed by atoms with Crippen LogP contribution in [0.2, 0.25) is 0 Å². The summed E-state index contributed by atoms with van der Waals surface area (Å²) in [5, 5.41) is 7.89. The van der Waals surface area contributed by atoms with Crippen molar-refractivity contribution in [1.29, 1.82) is 0 Å². The fourth-order valence-corrected chi connectivity index (χ4v) is 1.82. The summed E-state index contributed by atoms with van der Waals surface area (Å²) in [7, 11) is 0. The standard InChI is InChI=1S/C14H23N5S.2BrH/c1-4-19(5-2)11-10-16-14(20)18-17-12(3)13-8-6-7-9-15-13;;/h6-9H,4-5,10-11H2,1-3H3,(H2,16,18,20);2*1H/b17-12+;;. The van der Waals surface area contributed by atoms with Gasteiger partial charge < -0.3 is 10.2 Å². The monoisotopic (exact) mass is 453 g/mol. The van der Waals surface area contributed by atoms with E-state index in [-0.39, 0.29) is 34.0 Å². The van der Waals surface area contributed by atoms with Crippen LogP contribution in [-0.2, 0) is 0 Å². The summed E-state index contributed by atoms with van der Waals surface area (Å²) in [6.07, 6.45) is 1.75. The minimum absolute atomic E-state index is 0. The summed E-state index contributed by atoms with van der Waals surface area (Å²) in [4.78, 5) is 6.55. The Labute approximate surface area is 159 Å². The lowest BCUT2D eigenvalue weighted by atomic mass is 10.3. The Morgan fingerprint density at radius 1 is 1.27 bits per heavy atom. The highest BCUT2D eigenvalue weighted by Crippen LogP contribution is 1.95. The summed E-state index contributed by atoms with van der Waals surface area (Å²) in [5.74, 6) is 0. The zero-order chi connectivity index (χ0) is 14.8. The Morgan fingerprint density at radius 3 is 2.50 bits per heavy atom. The van der Waals surface area contributed by atoms with Crippen LogP contribution in [0.3, 0.4) is 0 Å². The van der Waals surface area contributed by atoms with Crippen LogP contribution in [0.4, 0.5) is 0 Å². The summed E-state index contributed by atoms with van der Waals surface area (Å²) in [6.45, 7) is 10.1. The van der Waals surface area contributed by atoms with Crippen molar-refractivity contribution >= 4 is 57.0 Å². The number of aromatic nitrogens is 1. The average Bonchev–Trinajstić information content (AvgIpc) is 2.50. The van der Waals surface area contributed by atoms with Gasteiger partial charge in [0.05, 0.1) is 11.4 Å². The van der Waals surface area contributed by atoms with Crippen LogP contribution < -0.4 is 10.7 Å². The molecule has 0 fully saturated rings. The molecule has 0 aromatic carbocycles. The van der Waals surface area contributed by atoms with Gasteiger partial charge in [0.25, 0.3) is 0 Å². The Balaban J connectivity index is 0. The third kappa shape index (κ3) is 9.45. The first-order chi connectivity index (χ1) is 9.67. The molecule has 0 bridgehead atoms. The van der Waals surface area contributed by atoms with Crippen molar-refractivity contribution in [3.63, 3.8) is 0 Å². The van der Waals surface area contributed by atoms with Gasteiger partial charge in [-0.2, -0.15) is 5.10 Å². The Bertz CT molecular complexity index is 438. The van der Waals surface area contributed by atoms with Gasteiger partial charge in [-0.05, 0) is 44.4 Å². The molecule has 0 spiro atoms. The summed E-state index contributed by atoms with van der Waals surface area (Å²) in [5.41, 5.74) is 4.48. The van der Waals surface area contributed by atoms with Gasteiger partial charge in [0.15, 0.2) is 5.11 Å². The van der Waals surface area contributed by atoms with Crippen LogP contribution in [0.1, 0.15) is 26.5 Å². The van der Waals surface area contributed by atoms with Crippen LogP contribution in [0, 0.1) is 0 Å². The number of hydrogen-bond acceptors (Lipinski definition) is 4. The van der Waals surface area contributed by atoms with Gasteiger partial charge in [-0.25, -0.2) is 0 Å². The first kappa shape index (κ1) is 23.7. The number of rotatable bonds is 7. The van der Waals surface area contributed by atoms with E-state index in [1.807, 2.05) is 25.1 Å². The number of nitrogens with one attached hydrogen (secondary N) is 2. The van der Waals surface area contributed by atoms with E-state index in [4.69, 9.17) is 12.2 Å². The second-order valence-corrected chi connectivity index (χ2v) is 4.72. The van der Waals surface area contributed by atoms with Crippen LogP contribution in [-0.4, -0.2) is 46.9 Å². The molecule has 0 unspecified atom stereocenters. The number of likely N-dealkylation sites (N-methyl/N-ethyl adjacent to an activating group) is 1. The van der Waals surface area contributed by atoms with Gasteiger partial charge in [0, 0.05) is 19.3 Å². The normalized spacial score (nSPS) is 10.5. The summed E-state index contributed by atoms with van der Waals surface area (Å²) >= 11 is 5.18. The zero-order valence-electron chi connectivity index (χ0n) is 13.2. The highest BCUT2D eigenvalue weighted by Gasteiger charge is 2.00. The van der Waals surface area contributed by atoms with Gasteiger partial charge in [0.2, 0.25) is 0 Å². The van der Waals surface area contributed by atoms with Gasteiger partial charge in [-0.3, -0.25) is 10.4 Å². The SMILES string of the molecule is Br.Br.CCN(CC)CCNC(=S)N/N=C(\C)c1ccccn1. The largest absolute Gasteiger partial charge is 0.360 e. The van der Waals surface area contributed by atoms with Gasteiger partial charge in [0.1, 0.15) is 0 Å². The van der Waals surface area contributed by atoms with Crippen molar-refractivity contribution < 1.29 is 0 Å². The van der Waals surface area contributed by atoms with E-state index in [0.29, 0.717) is 5.11 Å². The first-order valence-corrected chi connectivity index (χ1v) is 7.30. The Kier molecular flexibility index (Phi) is 15.1. The van der Waals surface area contributed by atoms with Gasteiger partial charge >= 0.3 is 0 Å². The summed E-state index contributed by atoms with van der Waals surface area (Å²) in [6, 6.07) is 5.73. The number of pyridine rings is 1. The topological polar surface area (TPSA) is 52.5 Å². The number of nitrogens with zero attached hydrogens (tertiary/aromatic N) is 3. The second-order valence-electron chi connectivity index (χ2n) is 4.31. The van der Waals surface area contributed by atoms with Crippen molar-refractivity contribution in [3.8, 4) is 0 Å². The highest BCUT2D eigenvalue weighted by molar-refractivity contribution is 8.93. The number of hydrogen-bond donors (Lipinski definition) is 2. The molecule has 0 amide bonds. The Hall–Kier alpha value is -0.570. The molecule has 8 heteroatoms. The minimum atomic E-state index is 0. The predicted molar refractivity (Wildman–Crippen MR) is 109 cm³/mol. The van der Waals surface area contributed by atoms with Crippen LogP contribution in [0.5, 0.6) is 0 Å². The highest BCUT2D eigenvalue weighted by atomic mass is 79.9. The molecule has 0 radical (unpaired) electrons. The lowest BCUT2D eigenvalue weighted by Crippen LogP contribution is -2.38. The lowest BCUT2D eigenvalue weighted by molar-refractivity contribution is 0.308. The molecule has 22 heavy (non-hydrogen) atoms. The Morgan fingerprint density at radius 2 is 1.95 bits per heavy atom. The first-order valence-electron chi connectivity index (χ1n) is 6.89. The van der Waals surface area contributed by atoms with E-state index >= 15 is 0 Å². The molecular formula is C14H25Br2N5S. The molecule has 1 aromatic rings. The maximum atomic E-state index is 5.18. The fourth-order valence-electron chi connectivity index (χ4n) is 1.68. The van der Waals surface area contributed by atoms with E-state index in [1.165, 1.54) is 0 Å². The van der Waals surface area contributed by atoms with E-state index in [9.17, 15) is 0 Å². The molecule has 0 aliphatic carbocycles. The van der Waals surface area contributed by atoms with Crippen LogP contribution >= 0.6 is 46.2 Å². The van der Waals surface area contributed by atoms with E-state index < -0.39 is 0 Å². The molecule has 0 aliphatic rings. The molecular weight excluding hydrogens is 430 g/mol. The van der Waals surface area contributed by atoms with E-state index in [2.05, 4.69) is 39.6 Å². The molecule has 126 valence electrons. The quantitative estimate of drug-likeness (QED) is 0.377. The summed E-state index contributed by atoms with van der Waals surface area (Å²) < 4.78 is 0. The van der Waals surface area contributed by atoms with Crippen molar-refractivity contribution in [3.05, 3.63) is 30.1 Å². The third-order valence-corrected chi connectivity index (χ3v) is 3.20. The second kappa shape index (κ2) is 14.0. The number of halogens is 2.